The van der Waals surface area contributed by atoms with Gasteiger partial charge in [0.25, 0.3) is 0 Å². The number of nitrogens with zero attached hydrogens (tertiary/aromatic N) is 2. The lowest BCUT2D eigenvalue weighted by molar-refractivity contribution is 0.0564. The van der Waals surface area contributed by atoms with Gasteiger partial charge in [0.05, 0.1) is 24.5 Å². The highest BCUT2D eigenvalue weighted by Gasteiger charge is 2.20. The Bertz CT molecular complexity index is 529. The number of rotatable bonds is 2. The second kappa shape index (κ2) is 6.20. The maximum atomic E-state index is 13.7. The maximum Gasteiger partial charge on any atom is 0.322 e. The van der Waals surface area contributed by atoms with Crippen LogP contribution in [0.4, 0.5) is 14.9 Å². The SMILES string of the molecule is NC(=NO)c1c(F)cccc1NC(=O)N1CCOCC1. The minimum atomic E-state index is -0.680. The van der Waals surface area contributed by atoms with E-state index in [4.69, 9.17) is 15.7 Å². The fraction of sp³-hybridized carbons (Fsp3) is 0.333. The number of urea groups is 1. The summed E-state index contributed by atoms with van der Waals surface area (Å²) in [5, 5.41) is 14.0. The van der Waals surface area contributed by atoms with E-state index in [1.54, 1.807) is 4.90 Å². The van der Waals surface area contributed by atoms with Crippen molar-refractivity contribution in [1.82, 2.24) is 4.90 Å². The zero-order valence-electron chi connectivity index (χ0n) is 10.7. The molecule has 20 heavy (non-hydrogen) atoms. The number of amides is 2. The number of anilines is 1. The molecule has 0 radical (unpaired) electrons. The summed E-state index contributed by atoms with van der Waals surface area (Å²) < 4.78 is 18.9. The Morgan fingerprint density at radius 1 is 1.45 bits per heavy atom. The molecule has 0 aliphatic carbocycles. The van der Waals surface area contributed by atoms with E-state index in [1.807, 2.05) is 0 Å². The van der Waals surface area contributed by atoms with Crippen LogP contribution in [0, 0.1) is 5.82 Å². The normalized spacial score (nSPS) is 16.1. The Morgan fingerprint density at radius 3 is 2.80 bits per heavy atom. The van der Waals surface area contributed by atoms with Gasteiger partial charge in [0.15, 0.2) is 5.84 Å². The van der Waals surface area contributed by atoms with Crippen LogP contribution < -0.4 is 11.1 Å². The third-order valence-corrected chi connectivity index (χ3v) is 2.92. The molecule has 1 fully saturated rings. The quantitative estimate of drug-likeness (QED) is 0.323. The van der Waals surface area contributed by atoms with Gasteiger partial charge in [-0.2, -0.15) is 0 Å². The lowest BCUT2D eigenvalue weighted by Gasteiger charge is -2.27. The molecule has 108 valence electrons. The van der Waals surface area contributed by atoms with E-state index in [2.05, 4.69) is 10.5 Å². The molecule has 0 unspecified atom stereocenters. The number of oxime groups is 1. The highest BCUT2D eigenvalue weighted by Crippen LogP contribution is 2.19. The van der Waals surface area contributed by atoms with Gasteiger partial charge in [-0.05, 0) is 12.1 Å². The first-order chi connectivity index (χ1) is 9.63. The first kappa shape index (κ1) is 14.1. The summed E-state index contributed by atoms with van der Waals surface area (Å²) in [6, 6.07) is 3.69. The highest BCUT2D eigenvalue weighted by molar-refractivity contribution is 6.05. The van der Waals surface area contributed by atoms with Crippen molar-refractivity contribution in [3.8, 4) is 0 Å². The predicted molar refractivity (Wildman–Crippen MR) is 70.3 cm³/mol. The zero-order chi connectivity index (χ0) is 14.5. The van der Waals surface area contributed by atoms with Crippen LogP contribution >= 0.6 is 0 Å². The number of amidine groups is 1. The first-order valence-electron chi connectivity index (χ1n) is 6.03. The van der Waals surface area contributed by atoms with Crippen molar-refractivity contribution in [2.75, 3.05) is 31.6 Å². The molecule has 1 aromatic rings. The molecule has 4 N–H and O–H groups in total. The first-order valence-corrected chi connectivity index (χ1v) is 6.03. The molecular weight excluding hydrogens is 267 g/mol. The Morgan fingerprint density at radius 2 is 2.15 bits per heavy atom. The average Bonchev–Trinajstić information content (AvgIpc) is 2.47. The average molecular weight is 282 g/mol. The molecule has 0 spiro atoms. The predicted octanol–water partition coefficient (Wildman–Crippen LogP) is 0.784. The molecule has 0 bridgehead atoms. The third kappa shape index (κ3) is 2.97. The third-order valence-electron chi connectivity index (χ3n) is 2.92. The number of carbonyl (C=O) groups is 1. The molecule has 2 amide bonds. The van der Waals surface area contributed by atoms with E-state index in [-0.39, 0.29) is 17.3 Å². The molecule has 8 heteroatoms. The van der Waals surface area contributed by atoms with E-state index in [9.17, 15) is 9.18 Å². The largest absolute Gasteiger partial charge is 0.409 e. The minimum absolute atomic E-state index is 0.142. The summed E-state index contributed by atoms with van der Waals surface area (Å²) in [7, 11) is 0. The van der Waals surface area contributed by atoms with Crippen molar-refractivity contribution in [1.29, 1.82) is 0 Å². The molecule has 0 atom stereocenters. The van der Waals surface area contributed by atoms with E-state index >= 15 is 0 Å². The van der Waals surface area contributed by atoms with Gasteiger partial charge >= 0.3 is 6.03 Å². The van der Waals surface area contributed by atoms with E-state index in [0.717, 1.165) is 6.07 Å². The summed E-state index contributed by atoms with van der Waals surface area (Å²) in [6.45, 7) is 1.84. The summed E-state index contributed by atoms with van der Waals surface area (Å²) >= 11 is 0. The highest BCUT2D eigenvalue weighted by atomic mass is 19.1. The summed E-state index contributed by atoms with van der Waals surface area (Å²) in [4.78, 5) is 13.6. The van der Waals surface area contributed by atoms with E-state index in [1.165, 1.54) is 12.1 Å². The fourth-order valence-corrected chi connectivity index (χ4v) is 1.90. The van der Waals surface area contributed by atoms with Crippen LogP contribution in [-0.2, 0) is 4.74 Å². The number of ether oxygens (including phenoxy) is 1. The second-order valence-electron chi connectivity index (χ2n) is 4.18. The summed E-state index contributed by atoms with van der Waals surface area (Å²) in [6.07, 6.45) is 0. The zero-order valence-corrected chi connectivity index (χ0v) is 10.7. The fourth-order valence-electron chi connectivity index (χ4n) is 1.90. The van der Waals surface area contributed by atoms with Crippen molar-refractivity contribution >= 4 is 17.6 Å². The van der Waals surface area contributed by atoms with Crippen molar-refractivity contribution in [3.63, 3.8) is 0 Å². The monoisotopic (exact) mass is 282 g/mol. The van der Waals surface area contributed by atoms with Crippen molar-refractivity contribution in [2.45, 2.75) is 0 Å². The van der Waals surface area contributed by atoms with Crippen LogP contribution in [0.15, 0.2) is 23.4 Å². The van der Waals surface area contributed by atoms with Gasteiger partial charge in [0, 0.05) is 13.1 Å². The Balaban J connectivity index is 2.20. The molecular formula is C12H15FN4O3. The van der Waals surface area contributed by atoms with Crippen LogP contribution in [0.25, 0.3) is 0 Å². The molecule has 0 aromatic heterocycles. The van der Waals surface area contributed by atoms with Gasteiger partial charge in [-0.15, -0.1) is 0 Å². The van der Waals surface area contributed by atoms with E-state index in [0.29, 0.717) is 26.3 Å². The molecule has 1 saturated heterocycles. The molecule has 0 saturated carbocycles. The summed E-state index contributed by atoms with van der Waals surface area (Å²) in [5.41, 5.74) is 5.43. The van der Waals surface area contributed by atoms with Crippen molar-refractivity contribution in [2.24, 2.45) is 10.9 Å². The minimum Gasteiger partial charge on any atom is -0.409 e. The van der Waals surface area contributed by atoms with Gasteiger partial charge in [-0.25, -0.2) is 9.18 Å². The number of benzene rings is 1. The number of nitrogens with one attached hydrogen (secondary N) is 1. The number of morpholine rings is 1. The molecule has 1 aromatic carbocycles. The number of nitrogens with two attached hydrogens (primary N) is 1. The van der Waals surface area contributed by atoms with Crippen LogP contribution in [0.3, 0.4) is 0 Å². The van der Waals surface area contributed by atoms with Gasteiger partial charge in [-0.1, -0.05) is 11.2 Å². The number of halogens is 1. The Hall–Kier alpha value is -2.35. The lowest BCUT2D eigenvalue weighted by Crippen LogP contribution is -2.43. The smallest absolute Gasteiger partial charge is 0.322 e. The number of carbonyl (C=O) groups excluding carboxylic acids is 1. The van der Waals surface area contributed by atoms with Crippen molar-refractivity contribution in [3.05, 3.63) is 29.6 Å². The van der Waals surface area contributed by atoms with Crippen LogP contribution in [0.2, 0.25) is 0 Å². The molecule has 1 aliphatic heterocycles. The molecule has 7 nitrogen and oxygen atoms in total. The van der Waals surface area contributed by atoms with Gasteiger partial charge < -0.3 is 25.9 Å². The topological polar surface area (TPSA) is 100 Å². The number of hydrogen-bond acceptors (Lipinski definition) is 4. The van der Waals surface area contributed by atoms with Crippen molar-refractivity contribution < 1.29 is 19.1 Å². The number of hydrogen-bond donors (Lipinski definition) is 3. The van der Waals surface area contributed by atoms with Gasteiger partial charge in [0.1, 0.15) is 5.82 Å². The standard InChI is InChI=1S/C12H15FN4O3/c13-8-2-1-3-9(10(8)11(14)16-19)15-12(18)17-4-6-20-7-5-17/h1-3,19H,4-7H2,(H2,14,16)(H,15,18). The van der Waals surface area contributed by atoms with E-state index < -0.39 is 11.7 Å². The Labute approximate surface area is 114 Å². The van der Waals surface area contributed by atoms with Crippen LogP contribution in [0.5, 0.6) is 0 Å². The summed E-state index contributed by atoms with van der Waals surface area (Å²) in [5.74, 6) is -1.08. The molecule has 1 aliphatic rings. The van der Waals surface area contributed by atoms with Crippen LogP contribution in [0.1, 0.15) is 5.56 Å². The molecule has 2 rings (SSSR count). The Kier molecular flexibility index (Phi) is 4.36. The lowest BCUT2D eigenvalue weighted by atomic mass is 10.1. The van der Waals surface area contributed by atoms with Crippen LogP contribution in [-0.4, -0.2) is 48.3 Å². The molecule has 1 heterocycles. The second-order valence-corrected chi connectivity index (χ2v) is 4.18. The van der Waals surface area contributed by atoms with Gasteiger partial charge in [0.2, 0.25) is 0 Å². The van der Waals surface area contributed by atoms with Gasteiger partial charge in [-0.3, -0.25) is 0 Å². The maximum absolute atomic E-state index is 13.7.